The van der Waals surface area contributed by atoms with E-state index in [4.69, 9.17) is 4.42 Å². The van der Waals surface area contributed by atoms with Gasteiger partial charge in [-0.05, 0) is 38.6 Å². The van der Waals surface area contributed by atoms with Gasteiger partial charge in [-0.1, -0.05) is 18.2 Å². The van der Waals surface area contributed by atoms with E-state index < -0.39 is 0 Å². The van der Waals surface area contributed by atoms with Crippen molar-refractivity contribution in [3.05, 3.63) is 53.5 Å². The predicted molar refractivity (Wildman–Crippen MR) is 79.4 cm³/mol. The Kier molecular flexibility index (Phi) is 4.63. The van der Waals surface area contributed by atoms with E-state index in [1.54, 1.807) is 6.26 Å². The van der Waals surface area contributed by atoms with Gasteiger partial charge in [0.2, 0.25) is 0 Å². The Hall–Kier alpha value is -1.74. The molecule has 0 aliphatic carbocycles. The summed E-state index contributed by atoms with van der Waals surface area (Å²) in [6.07, 6.45) is 1.77. The van der Waals surface area contributed by atoms with Gasteiger partial charge in [-0.3, -0.25) is 0 Å². The lowest BCUT2D eigenvalue weighted by Crippen LogP contribution is -2.23. The maximum absolute atomic E-state index is 5.63. The second kappa shape index (κ2) is 6.43. The third-order valence-electron chi connectivity index (χ3n) is 3.38. The molecule has 0 unspecified atom stereocenters. The molecule has 3 heteroatoms. The second-order valence-corrected chi connectivity index (χ2v) is 4.70. The third kappa shape index (κ3) is 3.18. The monoisotopic (exact) mass is 258 g/mol. The Morgan fingerprint density at radius 1 is 1.21 bits per heavy atom. The lowest BCUT2D eigenvalue weighted by molar-refractivity contribution is 0.497. The van der Waals surface area contributed by atoms with Gasteiger partial charge in [-0.15, -0.1) is 0 Å². The molecule has 1 N–H and O–H groups in total. The molecule has 0 fully saturated rings. The molecule has 0 radical (unpaired) electrons. The molecule has 1 aromatic heterocycles. The molecule has 19 heavy (non-hydrogen) atoms. The molecule has 0 aliphatic heterocycles. The number of anilines is 1. The van der Waals surface area contributed by atoms with Crippen LogP contribution in [0.4, 0.5) is 5.69 Å². The fourth-order valence-corrected chi connectivity index (χ4v) is 2.31. The van der Waals surface area contributed by atoms with Crippen molar-refractivity contribution in [2.75, 3.05) is 18.5 Å². The zero-order chi connectivity index (χ0) is 13.7. The molecule has 0 bridgehead atoms. The Morgan fingerprint density at radius 3 is 2.68 bits per heavy atom. The number of aryl methyl sites for hydroxylation is 1. The number of nitrogens with zero attached hydrogens (tertiary/aromatic N) is 1. The van der Waals surface area contributed by atoms with E-state index >= 15 is 0 Å². The van der Waals surface area contributed by atoms with E-state index in [0.29, 0.717) is 0 Å². The minimum Gasteiger partial charge on any atom is -0.467 e. The van der Waals surface area contributed by atoms with E-state index in [9.17, 15) is 0 Å². The summed E-state index contributed by atoms with van der Waals surface area (Å²) in [6, 6.07) is 10.5. The van der Waals surface area contributed by atoms with Crippen LogP contribution in [-0.4, -0.2) is 13.6 Å². The maximum atomic E-state index is 5.63. The minimum absolute atomic E-state index is 0.811. The Morgan fingerprint density at radius 2 is 2.00 bits per heavy atom. The van der Waals surface area contributed by atoms with Crippen LogP contribution in [0.15, 0.2) is 41.0 Å². The zero-order valence-corrected chi connectivity index (χ0v) is 11.9. The van der Waals surface area contributed by atoms with Crippen LogP contribution < -0.4 is 10.2 Å². The molecule has 1 heterocycles. The standard InChI is InChI=1S/C16H22N2O/c1-4-18(15-8-6-5-7-13(15)2)12-16-14(11-17-3)9-10-19-16/h5-10,17H,4,11-12H2,1-3H3. The fraction of sp³-hybridized carbons (Fsp3) is 0.375. The number of para-hydroxylation sites is 1. The van der Waals surface area contributed by atoms with Crippen molar-refractivity contribution in [1.29, 1.82) is 0 Å². The second-order valence-electron chi connectivity index (χ2n) is 4.70. The van der Waals surface area contributed by atoms with E-state index in [1.165, 1.54) is 16.8 Å². The molecular weight excluding hydrogens is 236 g/mol. The van der Waals surface area contributed by atoms with Crippen molar-refractivity contribution in [2.45, 2.75) is 26.9 Å². The molecule has 0 amide bonds. The SMILES string of the molecule is CCN(Cc1occc1CNC)c1ccccc1C. The van der Waals surface area contributed by atoms with Gasteiger partial charge in [0.25, 0.3) is 0 Å². The Bertz CT molecular complexity index is 519. The summed E-state index contributed by atoms with van der Waals surface area (Å²) in [5.41, 5.74) is 3.80. The molecular formula is C16H22N2O. The van der Waals surface area contributed by atoms with Crippen molar-refractivity contribution in [2.24, 2.45) is 0 Å². The van der Waals surface area contributed by atoms with Crippen molar-refractivity contribution in [3.8, 4) is 0 Å². The highest BCUT2D eigenvalue weighted by Crippen LogP contribution is 2.22. The summed E-state index contributed by atoms with van der Waals surface area (Å²) in [7, 11) is 1.95. The largest absolute Gasteiger partial charge is 0.467 e. The van der Waals surface area contributed by atoms with Crippen LogP contribution in [-0.2, 0) is 13.1 Å². The summed E-state index contributed by atoms with van der Waals surface area (Å²) in [5, 5.41) is 3.17. The topological polar surface area (TPSA) is 28.4 Å². The fourth-order valence-electron chi connectivity index (χ4n) is 2.31. The zero-order valence-electron chi connectivity index (χ0n) is 11.9. The molecule has 0 aliphatic rings. The number of furan rings is 1. The van der Waals surface area contributed by atoms with Crippen molar-refractivity contribution in [3.63, 3.8) is 0 Å². The Labute approximate surface area is 115 Å². The van der Waals surface area contributed by atoms with Gasteiger partial charge in [0.15, 0.2) is 0 Å². The van der Waals surface area contributed by atoms with Gasteiger partial charge in [0.05, 0.1) is 12.8 Å². The predicted octanol–water partition coefficient (Wildman–Crippen LogP) is 3.33. The summed E-state index contributed by atoms with van der Waals surface area (Å²) < 4.78 is 5.63. The van der Waals surface area contributed by atoms with Gasteiger partial charge >= 0.3 is 0 Å². The van der Waals surface area contributed by atoms with Gasteiger partial charge < -0.3 is 14.6 Å². The quantitative estimate of drug-likeness (QED) is 0.861. The molecule has 1 aromatic carbocycles. The first kappa shape index (κ1) is 13.7. The van der Waals surface area contributed by atoms with Crippen LogP contribution in [0, 0.1) is 6.92 Å². The first-order chi connectivity index (χ1) is 9.26. The molecule has 2 rings (SSSR count). The van der Waals surface area contributed by atoms with E-state index in [2.05, 4.69) is 48.3 Å². The van der Waals surface area contributed by atoms with Gasteiger partial charge in [-0.25, -0.2) is 0 Å². The average Bonchev–Trinajstić information content (AvgIpc) is 2.85. The maximum Gasteiger partial charge on any atom is 0.127 e. The normalized spacial score (nSPS) is 10.7. The lowest BCUT2D eigenvalue weighted by Gasteiger charge is -2.24. The van der Waals surface area contributed by atoms with E-state index in [0.717, 1.165) is 25.4 Å². The first-order valence-electron chi connectivity index (χ1n) is 6.76. The van der Waals surface area contributed by atoms with Crippen LogP contribution in [0.1, 0.15) is 23.8 Å². The number of hydrogen-bond donors (Lipinski definition) is 1. The van der Waals surface area contributed by atoms with E-state index in [-0.39, 0.29) is 0 Å². The smallest absolute Gasteiger partial charge is 0.127 e. The van der Waals surface area contributed by atoms with Crippen LogP contribution in [0.5, 0.6) is 0 Å². The third-order valence-corrected chi connectivity index (χ3v) is 3.38. The summed E-state index contributed by atoms with van der Waals surface area (Å²) >= 11 is 0. The molecule has 0 saturated heterocycles. The van der Waals surface area contributed by atoms with Gasteiger partial charge in [0, 0.05) is 24.3 Å². The van der Waals surface area contributed by atoms with Gasteiger partial charge in [0.1, 0.15) is 5.76 Å². The van der Waals surface area contributed by atoms with Crippen molar-refractivity contribution < 1.29 is 4.42 Å². The van der Waals surface area contributed by atoms with Gasteiger partial charge in [-0.2, -0.15) is 0 Å². The summed E-state index contributed by atoms with van der Waals surface area (Å²) in [6.45, 7) is 6.94. The number of rotatable bonds is 6. The highest BCUT2D eigenvalue weighted by Gasteiger charge is 2.12. The van der Waals surface area contributed by atoms with E-state index in [1.807, 2.05) is 13.1 Å². The molecule has 3 nitrogen and oxygen atoms in total. The molecule has 0 atom stereocenters. The minimum atomic E-state index is 0.811. The number of nitrogens with one attached hydrogen (secondary N) is 1. The van der Waals surface area contributed by atoms with Crippen molar-refractivity contribution in [1.82, 2.24) is 5.32 Å². The highest BCUT2D eigenvalue weighted by molar-refractivity contribution is 5.53. The summed E-state index contributed by atoms with van der Waals surface area (Å²) in [4.78, 5) is 2.34. The first-order valence-corrected chi connectivity index (χ1v) is 6.76. The molecule has 0 spiro atoms. The molecule has 102 valence electrons. The van der Waals surface area contributed by atoms with Crippen LogP contribution in [0.2, 0.25) is 0 Å². The van der Waals surface area contributed by atoms with Crippen LogP contribution >= 0.6 is 0 Å². The Balaban J connectivity index is 2.19. The average molecular weight is 258 g/mol. The molecule has 0 saturated carbocycles. The van der Waals surface area contributed by atoms with Crippen molar-refractivity contribution >= 4 is 5.69 Å². The number of hydrogen-bond acceptors (Lipinski definition) is 3. The lowest BCUT2D eigenvalue weighted by atomic mass is 10.1. The molecule has 2 aromatic rings. The van der Waals surface area contributed by atoms with Crippen LogP contribution in [0.25, 0.3) is 0 Å². The van der Waals surface area contributed by atoms with Crippen LogP contribution in [0.3, 0.4) is 0 Å². The summed E-state index contributed by atoms with van der Waals surface area (Å²) in [5.74, 6) is 1.04. The number of benzene rings is 1. The highest BCUT2D eigenvalue weighted by atomic mass is 16.3.